The highest BCUT2D eigenvalue weighted by atomic mass is 19.4. The van der Waals surface area contributed by atoms with Gasteiger partial charge in [0, 0.05) is 44.2 Å². The van der Waals surface area contributed by atoms with E-state index >= 15 is 0 Å². The summed E-state index contributed by atoms with van der Waals surface area (Å²) in [6, 6.07) is 2.92. The van der Waals surface area contributed by atoms with E-state index in [4.69, 9.17) is 4.74 Å². The summed E-state index contributed by atoms with van der Waals surface area (Å²) in [5.41, 5.74) is -4.62. The van der Waals surface area contributed by atoms with Crippen molar-refractivity contribution in [3.63, 3.8) is 0 Å². The predicted octanol–water partition coefficient (Wildman–Crippen LogP) is 2.97. The molecular formula is C25H31F3N2O8. The van der Waals surface area contributed by atoms with Gasteiger partial charge >= 0.3 is 24.2 Å². The molecule has 2 aliphatic rings. The van der Waals surface area contributed by atoms with Crippen LogP contribution in [0.4, 0.5) is 23.7 Å². The number of hydrogen-bond acceptors (Lipinski definition) is 7. The number of benzene rings is 1. The summed E-state index contributed by atoms with van der Waals surface area (Å²) in [5.74, 6) is -9.81. The Labute approximate surface area is 217 Å². The van der Waals surface area contributed by atoms with Crippen LogP contribution in [0.5, 0.6) is 0 Å². The van der Waals surface area contributed by atoms with Crippen molar-refractivity contribution in [3.05, 3.63) is 29.3 Å². The molecule has 1 saturated carbocycles. The number of carboxylic acid groups (broad SMARTS) is 2. The molecule has 4 atom stereocenters. The van der Waals surface area contributed by atoms with Gasteiger partial charge in [-0.05, 0) is 45.4 Å². The molecule has 1 heterocycles. The molecule has 4 unspecified atom stereocenters. The lowest BCUT2D eigenvalue weighted by Crippen LogP contribution is -2.54. The summed E-state index contributed by atoms with van der Waals surface area (Å²) in [6.07, 6.45) is -6.26. The van der Waals surface area contributed by atoms with Crippen LogP contribution in [0.3, 0.4) is 0 Å². The number of ether oxygens (including phenoxy) is 1. The lowest BCUT2D eigenvalue weighted by atomic mass is 9.61. The van der Waals surface area contributed by atoms with Crippen LogP contribution in [0, 0.1) is 11.8 Å². The zero-order valence-corrected chi connectivity index (χ0v) is 21.4. The molecule has 3 N–H and O–H groups in total. The third-order valence-electron chi connectivity index (χ3n) is 6.78. The van der Waals surface area contributed by atoms with E-state index in [1.807, 2.05) is 0 Å². The second-order valence-electron chi connectivity index (χ2n) is 10.9. The van der Waals surface area contributed by atoms with E-state index in [1.54, 1.807) is 20.8 Å². The van der Waals surface area contributed by atoms with E-state index in [9.17, 15) is 47.7 Å². The van der Waals surface area contributed by atoms with E-state index in [1.165, 1.54) is 9.80 Å². The maximum Gasteiger partial charge on any atom is 0.418 e. The Morgan fingerprint density at radius 1 is 1.03 bits per heavy atom. The minimum atomic E-state index is -4.91. The summed E-state index contributed by atoms with van der Waals surface area (Å²) in [6.45, 7) is 6.43. The zero-order valence-electron chi connectivity index (χ0n) is 21.4. The number of amides is 1. The van der Waals surface area contributed by atoms with Crippen LogP contribution in [0.1, 0.15) is 51.2 Å². The molecule has 0 bridgehead atoms. The number of aliphatic hydroxyl groups is 1. The Hall–Kier alpha value is -3.35. The van der Waals surface area contributed by atoms with E-state index in [2.05, 4.69) is 0 Å². The van der Waals surface area contributed by atoms with Crippen molar-refractivity contribution in [2.45, 2.75) is 57.4 Å². The predicted molar refractivity (Wildman–Crippen MR) is 127 cm³/mol. The normalized spacial score (nSPS) is 26.7. The van der Waals surface area contributed by atoms with Crippen molar-refractivity contribution in [2.24, 2.45) is 11.8 Å². The Kier molecular flexibility index (Phi) is 7.75. The molecular weight excluding hydrogens is 513 g/mol. The van der Waals surface area contributed by atoms with E-state index in [0.717, 1.165) is 19.1 Å². The fourth-order valence-corrected chi connectivity index (χ4v) is 5.17. The molecule has 1 aromatic carbocycles. The van der Waals surface area contributed by atoms with Crippen molar-refractivity contribution in [3.8, 4) is 0 Å². The molecule has 0 spiro atoms. The van der Waals surface area contributed by atoms with Crippen LogP contribution in [0.25, 0.3) is 0 Å². The standard InChI is InChI=1S/C25H31F3N2O8/c1-23(2,3)38-22(36)30-9-7-29(8-10-30)15-6-5-13(11-14(15)25(26,27)28)17-18(20(32)33)16(31)12-24(4,37)19(17)21(34)35/h5-6,11,17-19,37H,7-10,12H2,1-4H3,(H,32,33)(H,34,35). The van der Waals surface area contributed by atoms with Gasteiger partial charge in [0.1, 0.15) is 11.5 Å². The number of carbonyl (C=O) groups is 4. The molecule has 13 heteroatoms. The summed E-state index contributed by atoms with van der Waals surface area (Å²) in [5, 5.41) is 30.1. The number of aliphatic carboxylic acids is 2. The molecule has 210 valence electrons. The Morgan fingerprint density at radius 2 is 1.61 bits per heavy atom. The average molecular weight is 545 g/mol. The highest BCUT2D eigenvalue weighted by Gasteiger charge is 2.56. The number of rotatable bonds is 4. The van der Waals surface area contributed by atoms with E-state index in [0.29, 0.717) is 6.07 Å². The van der Waals surface area contributed by atoms with Crippen molar-refractivity contribution in [1.82, 2.24) is 4.90 Å². The third-order valence-corrected chi connectivity index (χ3v) is 6.78. The van der Waals surface area contributed by atoms with Crippen LogP contribution in [0.2, 0.25) is 0 Å². The second kappa shape index (κ2) is 10.1. The maximum absolute atomic E-state index is 14.2. The van der Waals surface area contributed by atoms with Crippen LogP contribution >= 0.6 is 0 Å². The molecule has 10 nitrogen and oxygen atoms in total. The highest BCUT2D eigenvalue weighted by molar-refractivity contribution is 6.02. The first-order chi connectivity index (χ1) is 17.3. The molecule has 2 fully saturated rings. The smallest absolute Gasteiger partial charge is 0.418 e. The van der Waals surface area contributed by atoms with Crippen LogP contribution < -0.4 is 4.90 Å². The maximum atomic E-state index is 14.2. The Bertz CT molecular complexity index is 1120. The lowest BCUT2D eigenvalue weighted by Gasteiger charge is -2.43. The Balaban J connectivity index is 2.00. The molecule has 0 radical (unpaired) electrons. The van der Waals surface area contributed by atoms with E-state index in [-0.39, 0.29) is 37.4 Å². The summed E-state index contributed by atoms with van der Waals surface area (Å²) in [4.78, 5) is 51.7. The quantitative estimate of drug-likeness (QED) is 0.487. The van der Waals surface area contributed by atoms with Crippen molar-refractivity contribution in [1.29, 1.82) is 0 Å². The molecule has 3 rings (SSSR count). The summed E-state index contributed by atoms with van der Waals surface area (Å²) < 4.78 is 48.0. The van der Waals surface area contributed by atoms with Crippen LogP contribution in [-0.4, -0.2) is 81.4 Å². The SMILES string of the molecule is CC(C)(C)OC(=O)N1CCN(c2ccc(C3C(C(=O)O)C(=O)CC(C)(O)C3C(=O)O)cc2C(F)(F)F)CC1. The van der Waals surface area contributed by atoms with Gasteiger partial charge in [-0.3, -0.25) is 14.4 Å². The largest absolute Gasteiger partial charge is 0.481 e. The van der Waals surface area contributed by atoms with Crippen molar-refractivity contribution < 1.29 is 52.4 Å². The average Bonchev–Trinajstić information content (AvgIpc) is 2.75. The number of carbonyl (C=O) groups excluding carboxylic acids is 2. The van der Waals surface area contributed by atoms with Gasteiger partial charge in [0.05, 0.1) is 17.1 Å². The van der Waals surface area contributed by atoms with Gasteiger partial charge < -0.3 is 29.9 Å². The zero-order chi connectivity index (χ0) is 28.8. The van der Waals surface area contributed by atoms with Crippen LogP contribution in [0.15, 0.2) is 18.2 Å². The first-order valence-corrected chi connectivity index (χ1v) is 12.0. The fraction of sp³-hybridized carbons (Fsp3) is 0.600. The minimum Gasteiger partial charge on any atom is -0.481 e. The summed E-state index contributed by atoms with van der Waals surface area (Å²) in [7, 11) is 0. The minimum absolute atomic E-state index is 0.0494. The molecule has 38 heavy (non-hydrogen) atoms. The highest BCUT2D eigenvalue weighted by Crippen LogP contribution is 2.48. The van der Waals surface area contributed by atoms with Gasteiger partial charge in [0.2, 0.25) is 0 Å². The monoisotopic (exact) mass is 544 g/mol. The number of carboxylic acids is 2. The number of anilines is 1. The topological polar surface area (TPSA) is 145 Å². The number of nitrogens with zero attached hydrogens (tertiary/aromatic N) is 2. The van der Waals surface area contributed by atoms with Gasteiger partial charge in [0.25, 0.3) is 0 Å². The first-order valence-electron chi connectivity index (χ1n) is 12.0. The molecule has 1 aliphatic carbocycles. The molecule has 1 saturated heterocycles. The van der Waals surface area contributed by atoms with Gasteiger partial charge in [-0.1, -0.05) is 6.07 Å². The van der Waals surface area contributed by atoms with Crippen molar-refractivity contribution in [2.75, 3.05) is 31.1 Å². The van der Waals surface area contributed by atoms with E-state index < -0.39 is 70.9 Å². The summed E-state index contributed by atoms with van der Waals surface area (Å²) >= 11 is 0. The van der Waals surface area contributed by atoms with Crippen molar-refractivity contribution >= 4 is 29.5 Å². The van der Waals surface area contributed by atoms with Gasteiger partial charge in [0.15, 0.2) is 5.78 Å². The molecule has 1 aliphatic heterocycles. The molecule has 1 aromatic rings. The number of Topliss-reactive ketones (excluding diaryl/α,β-unsaturated/α-hetero) is 1. The Morgan fingerprint density at radius 3 is 2.08 bits per heavy atom. The van der Waals surface area contributed by atoms with Gasteiger partial charge in [-0.2, -0.15) is 13.2 Å². The second-order valence-corrected chi connectivity index (χ2v) is 10.9. The third kappa shape index (κ3) is 6.03. The number of hydrogen-bond donors (Lipinski definition) is 3. The number of halogens is 3. The van der Waals surface area contributed by atoms with Crippen LogP contribution in [-0.2, 0) is 25.3 Å². The first kappa shape index (κ1) is 29.2. The molecule has 1 amide bonds. The number of ketones is 1. The van der Waals surface area contributed by atoms with Gasteiger partial charge in [-0.15, -0.1) is 0 Å². The lowest BCUT2D eigenvalue weighted by molar-refractivity contribution is -0.167. The van der Waals surface area contributed by atoms with Gasteiger partial charge in [-0.25, -0.2) is 4.79 Å². The fourth-order valence-electron chi connectivity index (χ4n) is 5.17. The number of piperazine rings is 1. The molecule has 0 aromatic heterocycles. The number of alkyl halides is 3.